The van der Waals surface area contributed by atoms with Gasteiger partial charge >= 0.3 is 0 Å². The van der Waals surface area contributed by atoms with E-state index in [-0.39, 0.29) is 11.8 Å². The molecule has 2 heterocycles. The lowest BCUT2D eigenvalue weighted by molar-refractivity contribution is -0.134. The number of hydrogen-bond donors (Lipinski definition) is 1. The van der Waals surface area contributed by atoms with Gasteiger partial charge in [-0.1, -0.05) is 13.3 Å². The first kappa shape index (κ1) is 13.6. The van der Waals surface area contributed by atoms with E-state index in [9.17, 15) is 9.59 Å². The molecule has 19 heavy (non-hydrogen) atoms. The van der Waals surface area contributed by atoms with Crippen molar-refractivity contribution >= 4 is 11.8 Å². The lowest BCUT2D eigenvalue weighted by Gasteiger charge is -2.43. The highest BCUT2D eigenvalue weighted by atomic mass is 16.2. The zero-order valence-electron chi connectivity index (χ0n) is 11.6. The largest absolute Gasteiger partial charge is 0.352 e. The Bertz CT molecular complexity index is 497. The van der Waals surface area contributed by atoms with Gasteiger partial charge in [-0.2, -0.15) is 5.10 Å². The summed E-state index contributed by atoms with van der Waals surface area (Å²) >= 11 is 0. The maximum atomic E-state index is 12.5. The van der Waals surface area contributed by atoms with Crippen molar-refractivity contribution in [3.05, 3.63) is 18.0 Å². The molecule has 1 atom stereocenters. The van der Waals surface area contributed by atoms with E-state index >= 15 is 0 Å². The van der Waals surface area contributed by atoms with Crippen LogP contribution in [0.4, 0.5) is 0 Å². The van der Waals surface area contributed by atoms with Crippen molar-refractivity contribution in [3.63, 3.8) is 0 Å². The molecule has 0 radical (unpaired) electrons. The first-order chi connectivity index (χ1) is 8.99. The van der Waals surface area contributed by atoms with E-state index in [0.717, 1.165) is 6.42 Å². The highest BCUT2D eigenvalue weighted by Crippen LogP contribution is 2.26. The van der Waals surface area contributed by atoms with Gasteiger partial charge in [-0.15, -0.1) is 0 Å². The molecule has 0 spiro atoms. The van der Waals surface area contributed by atoms with Crippen LogP contribution in [0, 0.1) is 0 Å². The Kier molecular flexibility index (Phi) is 3.59. The molecule has 6 heteroatoms. The Labute approximate surface area is 112 Å². The molecular formula is C13H20N4O2. The fourth-order valence-electron chi connectivity index (χ4n) is 2.59. The van der Waals surface area contributed by atoms with E-state index in [1.165, 1.54) is 0 Å². The number of hydrogen-bond acceptors (Lipinski definition) is 3. The average Bonchev–Trinajstić information content (AvgIpc) is 2.79. The van der Waals surface area contributed by atoms with Crippen LogP contribution in [0.5, 0.6) is 0 Å². The van der Waals surface area contributed by atoms with E-state index in [2.05, 4.69) is 10.4 Å². The minimum absolute atomic E-state index is 0.0714. The Morgan fingerprint density at radius 2 is 2.32 bits per heavy atom. The molecule has 0 saturated carbocycles. The Hall–Kier alpha value is -1.85. The first-order valence-electron chi connectivity index (χ1n) is 6.58. The van der Waals surface area contributed by atoms with Crippen molar-refractivity contribution in [1.29, 1.82) is 0 Å². The normalized spacial score (nSPS) is 23.3. The number of rotatable bonds is 3. The quantitative estimate of drug-likeness (QED) is 0.867. The highest BCUT2D eigenvalue weighted by molar-refractivity contribution is 5.99. The van der Waals surface area contributed by atoms with Crippen LogP contribution in [0.2, 0.25) is 0 Å². The van der Waals surface area contributed by atoms with Crippen LogP contribution in [0.25, 0.3) is 0 Å². The van der Waals surface area contributed by atoms with Gasteiger partial charge in [0, 0.05) is 26.3 Å². The second-order valence-corrected chi connectivity index (χ2v) is 5.14. The van der Waals surface area contributed by atoms with Gasteiger partial charge in [0.2, 0.25) is 5.91 Å². The fourth-order valence-corrected chi connectivity index (χ4v) is 2.59. The minimum Gasteiger partial charge on any atom is -0.352 e. The van der Waals surface area contributed by atoms with Crippen molar-refractivity contribution in [3.8, 4) is 0 Å². The fraction of sp³-hybridized carbons (Fsp3) is 0.615. The van der Waals surface area contributed by atoms with E-state index in [1.807, 2.05) is 13.8 Å². The molecule has 1 fully saturated rings. The van der Waals surface area contributed by atoms with Gasteiger partial charge in [0.05, 0.1) is 11.8 Å². The molecule has 6 nitrogen and oxygen atoms in total. The van der Waals surface area contributed by atoms with Gasteiger partial charge in [-0.3, -0.25) is 14.3 Å². The first-order valence-corrected chi connectivity index (χ1v) is 6.58. The number of nitrogens with one attached hydrogen (secondary N) is 1. The van der Waals surface area contributed by atoms with Crippen molar-refractivity contribution in [2.45, 2.75) is 32.2 Å². The number of carbonyl (C=O) groups is 2. The SMILES string of the molecule is CCC[C@]1(C)C(=O)NCCN1C(=O)c1cnn(C)c1. The number of carbonyl (C=O) groups excluding carboxylic acids is 2. The number of nitrogens with zero attached hydrogens (tertiary/aromatic N) is 3. The molecule has 1 aliphatic rings. The summed E-state index contributed by atoms with van der Waals surface area (Å²) < 4.78 is 1.59. The van der Waals surface area contributed by atoms with Crippen LogP contribution in [0.1, 0.15) is 37.0 Å². The van der Waals surface area contributed by atoms with E-state index < -0.39 is 5.54 Å². The zero-order valence-corrected chi connectivity index (χ0v) is 11.6. The van der Waals surface area contributed by atoms with Crippen LogP contribution >= 0.6 is 0 Å². The van der Waals surface area contributed by atoms with Crippen molar-refractivity contribution in [2.75, 3.05) is 13.1 Å². The Morgan fingerprint density at radius 3 is 2.89 bits per heavy atom. The van der Waals surface area contributed by atoms with E-state index in [4.69, 9.17) is 0 Å². The summed E-state index contributed by atoms with van der Waals surface area (Å²) in [5.74, 6) is -0.197. The van der Waals surface area contributed by atoms with Gasteiger partial charge in [-0.05, 0) is 13.3 Å². The smallest absolute Gasteiger partial charge is 0.257 e. The zero-order chi connectivity index (χ0) is 14.0. The molecule has 0 aromatic carbocycles. The van der Waals surface area contributed by atoms with Crippen LogP contribution in [-0.4, -0.2) is 45.1 Å². The summed E-state index contributed by atoms with van der Waals surface area (Å²) in [6, 6.07) is 0. The van der Waals surface area contributed by atoms with E-state index in [1.54, 1.807) is 29.0 Å². The molecule has 1 aromatic heterocycles. The van der Waals surface area contributed by atoms with Crippen LogP contribution in [-0.2, 0) is 11.8 Å². The Balaban J connectivity index is 2.30. The molecule has 0 bridgehead atoms. The van der Waals surface area contributed by atoms with E-state index in [0.29, 0.717) is 25.1 Å². The van der Waals surface area contributed by atoms with Crippen LogP contribution in [0.3, 0.4) is 0 Å². The Morgan fingerprint density at radius 1 is 1.58 bits per heavy atom. The van der Waals surface area contributed by atoms with Gasteiger partial charge < -0.3 is 10.2 Å². The molecule has 1 aliphatic heterocycles. The molecule has 1 saturated heterocycles. The summed E-state index contributed by atoms with van der Waals surface area (Å²) in [5, 5.41) is 6.86. The van der Waals surface area contributed by atoms with Crippen LogP contribution < -0.4 is 5.32 Å². The summed E-state index contributed by atoms with van der Waals surface area (Å²) in [6.07, 6.45) is 4.73. The number of aryl methyl sites for hydroxylation is 1. The predicted molar refractivity (Wildman–Crippen MR) is 70.6 cm³/mol. The van der Waals surface area contributed by atoms with Crippen molar-refractivity contribution in [1.82, 2.24) is 20.0 Å². The third kappa shape index (κ3) is 2.34. The topological polar surface area (TPSA) is 67.2 Å². The summed E-state index contributed by atoms with van der Waals surface area (Å²) in [7, 11) is 1.77. The second kappa shape index (κ2) is 5.03. The third-order valence-electron chi connectivity index (χ3n) is 3.64. The maximum absolute atomic E-state index is 12.5. The second-order valence-electron chi connectivity index (χ2n) is 5.14. The standard InChI is InChI=1S/C13H20N4O2/c1-4-5-13(2)12(19)14-6-7-17(13)11(18)10-8-15-16(3)9-10/h8-9H,4-7H2,1-3H3,(H,14,19)/t13-/m1/s1. The van der Waals surface area contributed by atoms with Gasteiger partial charge in [0.25, 0.3) is 5.91 Å². The molecular weight excluding hydrogens is 244 g/mol. The van der Waals surface area contributed by atoms with Gasteiger partial charge in [0.1, 0.15) is 5.54 Å². The maximum Gasteiger partial charge on any atom is 0.257 e. The summed E-state index contributed by atoms with van der Waals surface area (Å²) in [6.45, 7) is 4.89. The lowest BCUT2D eigenvalue weighted by Crippen LogP contribution is -2.64. The average molecular weight is 264 g/mol. The number of piperazine rings is 1. The molecule has 104 valence electrons. The lowest BCUT2D eigenvalue weighted by atomic mass is 9.90. The molecule has 0 aliphatic carbocycles. The van der Waals surface area contributed by atoms with Crippen molar-refractivity contribution < 1.29 is 9.59 Å². The minimum atomic E-state index is -0.764. The molecule has 2 rings (SSSR count). The third-order valence-corrected chi connectivity index (χ3v) is 3.64. The van der Waals surface area contributed by atoms with Crippen LogP contribution in [0.15, 0.2) is 12.4 Å². The molecule has 2 amide bonds. The van der Waals surface area contributed by atoms with Gasteiger partial charge in [-0.25, -0.2) is 0 Å². The monoisotopic (exact) mass is 264 g/mol. The summed E-state index contributed by atoms with van der Waals surface area (Å²) in [4.78, 5) is 26.3. The number of amides is 2. The van der Waals surface area contributed by atoms with Crippen molar-refractivity contribution in [2.24, 2.45) is 7.05 Å². The number of aromatic nitrogens is 2. The van der Waals surface area contributed by atoms with Gasteiger partial charge in [0.15, 0.2) is 0 Å². The molecule has 1 N–H and O–H groups in total. The molecule has 1 aromatic rings. The molecule has 0 unspecified atom stereocenters. The predicted octanol–water partition coefficient (Wildman–Crippen LogP) is 0.551. The highest BCUT2D eigenvalue weighted by Gasteiger charge is 2.44. The summed E-state index contributed by atoms with van der Waals surface area (Å²) in [5.41, 5.74) is -0.237.